The highest BCUT2D eigenvalue weighted by Gasteiger charge is 2.28. The van der Waals surface area contributed by atoms with E-state index in [1.54, 1.807) is 27.8 Å². The van der Waals surface area contributed by atoms with Crippen LogP contribution in [0.2, 0.25) is 0 Å². The molecule has 2 N–H and O–H groups in total. The lowest BCUT2D eigenvalue weighted by Gasteiger charge is -2.34. The van der Waals surface area contributed by atoms with Crippen LogP contribution >= 0.6 is 24.0 Å². The zero-order valence-electron chi connectivity index (χ0n) is 16.8. The van der Waals surface area contributed by atoms with Gasteiger partial charge in [0.25, 0.3) is 0 Å². The number of piperidine rings is 1. The molecule has 0 aliphatic carbocycles. The summed E-state index contributed by atoms with van der Waals surface area (Å²) < 4.78 is 23.5. The summed E-state index contributed by atoms with van der Waals surface area (Å²) in [5, 5.41) is 6.40. The molecule has 0 bridgehead atoms. The standard InChI is InChI=1S/C17H34N4O3S.HI/c1-13(2)15(22)21-10-7-14(8-11-21)20-16(18-6)19-9-12-25(23,24)17(3,4)5;/h13-14H,7-12H2,1-6H3,(H2,18,19,20);1H. The van der Waals surface area contributed by atoms with Crippen molar-refractivity contribution in [1.82, 2.24) is 15.5 Å². The molecule has 7 nitrogen and oxygen atoms in total. The highest BCUT2D eigenvalue weighted by molar-refractivity contribution is 14.0. The molecule has 0 atom stereocenters. The van der Waals surface area contributed by atoms with Crippen LogP contribution in [0.5, 0.6) is 0 Å². The molecule has 0 aromatic carbocycles. The van der Waals surface area contributed by atoms with Gasteiger partial charge in [0.05, 0.1) is 10.5 Å². The molecule has 9 heteroatoms. The molecule has 0 aromatic rings. The molecule has 1 rings (SSSR count). The summed E-state index contributed by atoms with van der Waals surface area (Å²) in [6, 6.07) is 0.238. The Morgan fingerprint density at radius 2 is 1.77 bits per heavy atom. The zero-order valence-corrected chi connectivity index (χ0v) is 20.0. The summed E-state index contributed by atoms with van der Waals surface area (Å²) in [6.45, 7) is 10.8. The van der Waals surface area contributed by atoms with Crippen molar-refractivity contribution in [2.24, 2.45) is 10.9 Å². The van der Waals surface area contributed by atoms with Gasteiger partial charge in [-0.15, -0.1) is 24.0 Å². The first-order valence-electron chi connectivity index (χ1n) is 8.96. The summed E-state index contributed by atoms with van der Waals surface area (Å²) in [4.78, 5) is 18.1. The van der Waals surface area contributed by atoms with Crippen LogP contribution in [-0.2, 0) is 14.6 Å². The number of carbonyl (C=O) groups is 1. The largest absolute Gasteiger partial charge is 0.355 e. The number of likely N-dealkylation sites (tertiary alicyclic amines) is 1. The van der Waals surface area contributed by atoms with E-state index in [-0.39, 0.29) is 47.6 Å². The predicted octanol–water partition coefficient (Wildman–Crippen LogP) is 1.63. The van der Waals surface area contributed by atoms with Crippen molar-refractivity contribution < 1.29 is 13.2 Å². The van der Waals surface area contributed by atoms with Crippen molar-refractivity contribution in [3.63, 3.8) is 0 Å². The zero-order chi connectivity index (χ0) is 19.3. The van der Waals surface area contributed by atoms with E-state index in [0.29, 0.717) is 12.5 Å². The second-order valence-electron chi connectivity index (χ2n) is 7.83. The van der Waals surface area contributed by atoms with E-state index in [9.17, 15) is 13.2 Å². The van der Waals surface area contributed by atoms with Crippen molar-refractivity contribution in [2.45, 2.75) is 58.2 Å². The lowest BCUT2D eigenvalue weighted by Crippen LogP contribution is -2.51. The topological polar surface area (TPSA) is 90.9 Å². The van der Waals surface area contributed by atoms with Crippen molar-refractivity contribution in [3.8, 4) is 0 Å². The van der Waals surface area contributed by atoms with Crippen LogP contribution in [0.25, 0.3) is 0 Å². The fourth-order valence-electron chi connectivity index (χ4n) is 2.61. The number of nitrogens with zero attached hydrogens (tertiary/aromatic N) is 2. The molecular weight excluding hydrogens is 467 g/mol. The third-order valence-electron chi connectivity index (χ3n) is 4.46. The van der Waals surface area contributed by atoms with Crippen LogP contribution in [0.4, 0.5) is 0 Å². The molecule has 0 aromatic heterocycles. The number of sulfone groups is 1. The summed E-state index contributed by atoms with van der Waals surface area (Å²) in [7, 11) is -1.48. The third-order valence-corrected chi connectivity index (χ3v) is 7.07. The molecule has 0 saturated carbocycles. The van der Waals surface area contributed by atoms with Gasteiger partial charge >= 0.3 is 0 Å². The summed E-state index contributed by atoms with van der Waals surface area (Å²) >= 11 is 0. The Hall–Kier alpha value is -0.580. The van der Waals surface area contributed by atoms with Crippen LogP contribution in [-0.4, -0.2) is 68.4 Å². The number of hydrogen-bond acceptors (Lipinski definition) is 4. The Kier molecular flexibility index (Phi) is 10.4. The van der Waals surface area contributed by atoms with Crippen molar-refractivity contribution in [3.05, 3.63) is 0 Å². The van der Waals surface area contributed by atoms with Crippen molar-refractivity contribution in [2.75, 3.05) is 32.4 Å². The smallest absolute Gasteiger partial charge is 0.225 e. The first-order valence-corrected chi connectivity index (χ1v) is 10.6. The first-order chi connectivity index (χ1) is 11.5. The fourth-order valence-corrected chi connectivity index (χ4v) is 3.59. The quantitative estimate of drug-likeness (QED) is 0.339. The Balaban J connectivity index is 0.00000625. The average Bonchev–Trinajstić information content (AvgIpc) is 2.52. The number of amides is 1. The SMILES string of the molecule is CN=C(NCCS(=O)(=O)C(C)(C)C)NC1CCN(C(=O)C(C)C)CC1.I. The maximum absolute atomic E-state index is 12.1. The number of rotatable bonds is 5. The Morgan fingerprint density at radius 1 is 1.23 bits per heavy atom. The summed E-state index contributed by atoms with van der Waals surface area (Å²) in [6.07, 6.45) is 1.72. The van der Waals surface area contributed by atoms with Crippen LogP contribution in [0.15, 0.2) is 4.99 Å². The van der Waals surface area contributed by atoms with E-state index < -0.39 is 14.6 Å². The summed E-state index contributed by atoms with van der Waals surface area (Å²) in [5.74, 6) is 0.910. The molecular formula is C17H35IN4O3S. The average molecular weight is 502 g/mol. The maximum atomic E-state index is 12.1. The number of aliphatic imine (C=N–C) groups is 1. The van der Waals surface area contributed by atoms with E-state index >= 15 is 0 Å². The molecule has 1 fully saturated rings. The van der Waals surface area contributed by atoms with Gasteiger partial charge in [-0.3, -0.25) is 9.79 Å². The van der Waals surface area contributed by atoms with Crippen LogP contribution in [0.1, 0.15) is 47.5 Å². The van der Waals surface area contributed by atoms with Crippen LogP contribution in [0, 0.1) is 5.92 Å². The highest BCUT2D eigenvalue weighted by atomic mass is 127. The number of guanidine groups is 1. The van der Waals surface area contributed by atoms with Crippen LogP contribution in [0.3, 0.4) is 0 Å². The van der Waals surface area contributed by atoms with Gasteiger partial charge in [0.2, 0.25) is 5.91 Å². The van der Waals surface area contributed by atoms with Gasteiger partial charge in [-0.05, 0) is 33.6 Å². The second-order valence-corrected chi connectivity index (χ2v) is 10.7. The molecule has 1 saturated heterocycles. The molecule has 0 unspecified atom stereocenters. The molecule has 26 heavy (non-hydrogen) atoms. The van der Waals surface area contributed by atoms with Gasteiger partial charge in [-0.1, -0.05) is 13.8 Å². The summed E-state index contributed by atoms with van der Waals surface area (Å²) in [5.41, 5.74) is 0. The minimum absolute atomic E-state index is 0. The molecule has 1 heterocycles. The predicted molar refractivity (Wildman–Crippen MR) is 118 cm³/mol. The third kappa shape index (κ3) is 7.58. The molecule has 1 amide bonds. The molecule has 0 radical (unpaired) electrons. The molecule has 1 aliphatic rings. The normalized spacial score (nSPS) is 17.0. The van der Waals surface area contributed by atoms with E-state index in [2.05, 4.69) is 15.6 Å². The van der Waals surface area contributed by atoms with Gasteiger partial charge < -0.3 is 15.5 Å². The molecule has 0 spiro atoms. The molecule has 1 aliphatic heterocycles. The first kappa shape index (κ1) is 25.4. The second kappa shape index (κ2) is 10.7. The van der Waals surface area contributed by atoms with Gasteiger partial charge in [0, 0.05) is 38.6 Å². The Labute approximate surface area is 175 Å². The minimum Gasteiger partial charge on any atom is -0.355 e. The monoisotopic (exact) mass is 502 g/mol. The van der Waals surface area contributed by atoms with Gasteiger partial charge in [-0.25, -0.2) is 8.42 Å². The number of carbonyl (C=O) groups excluding carboxylic acids is 1. The van der Waals surface area contributed by atoms with Gasteiger partial charge in [0.15, 0.2) is 15.8 Å². The Morgan fingerprint density at radius 3 is 2.19 bits per heavy atom. The maximum Gasteiger partial charge on any atom is 0.225 e. The van der Waals surface area contributed by atoms with E-state index in [4.69, 9.17) is 0 Å². The number of hydrogen-bond donors (Lipinski definition) is 2. The Bertz CT molecular complexity index is 577. The lowest BCUT2D eigenvalue weighted by atomic mass is 10.0. The lowest BCUT2D eigenvalue weighted by molar-refractivity contribution is -0.135. The number of halogens is 1. The van der Waals surface area contributed by atoms with Crippen molar-refractivity contribution in [1.29, 1.82) is 0 Å². The van der Waals surface area contributed by atoms with E-state index in [1.807, 2.05) is 18.7 Å². The molecule has 154 valence electrons. The van der Waals surface area contributed by atoms with Gasteiger partial charge in [-0.2, -0.15) is 0 Å². The number of nitrogens with one attached hydrogen (secondary N) is 2. The fraction of sp³-hybridized carbons (Fsp3) is 0.882. The van der Waals surface area contributed by atoms with E-state index in [1.165, 1.54) is 0 Å². The van der Waals surface area contributed by atoms with Crippen LogP contribution < -0.4 is 10.6 Å². The highest BCUT2D eigenvalue weighted by Crippen LogP contribution is 2.15. The van der Waals surface area contributed by atoms with Crippen molar-refractivity contribution >= 4 is 45.7 Å². The van der Waals surface area contributed by atoms with Gasteiger partial charge in [0.1, 0.15) is 0 Å². The minimum atomic E-state index is -3.15. The van der Waals surface area contributed by atoms with E-state index in [0.717, 1.165) is 25.9 Å².